The molecule has 0 bridgehead atoms. The Labute approximate surface area is 206 Å². The molecule has 4 rings (SSSR count). The van der Waals surface area contributed by atoms with Crippen molar-refractivity contribution in [1.82, 2.24) is 0 Å². The second kappa shape index (κ2) is 9.99. The van der Waals surface area contributed by atoms with Crippen molar-refractivity contribution in [3.05, 3.63) is 52.6 Å². The predicted octanol–water partition coefficient (Wildman–Crippen LogP) is 6.02. The van der Waals surface area contributed by atoms with Crippen LogP contribution in [0.1, 0.15) is 77.7 Å². The summed E-state index contributed by atoms with van der Waals surface area (Å²) in [6, 6.07) is 9.17. The highest BCUT2D eigenvalue weighted by Gasteiger charge is 2.57. The van der Waals surface area contributed by atoms with Gasteiger partial charge < -0.3 is 15.4 Å². The molecular weight excluding hydrogens is 420 g/mol. The summed E-state index contributed by atoms with van der Waals surface area (Å²) in [5, 5.41) is 0. The van der Waals surface area contributed by atoms with E-state index >= 15 is 0 Å². The molecule has 2 saturated carbocycles. The van der Waals surface area contributed by atoms with Crippen LogP contribution in [0, 0.1) is 17.3 Å². The molecule has 0 aromatic heterocycles. The first kappa shape index (κ1) is 25.2. The number of carbonyl (C=O) groups excluding carboxylic acids is 1. The van der Waals surface area contributed by atoms with Gasteiger partial charge in [-0.15, -0.1) is 0 Å². The number of hydrogen-bond acceptors (Lipinski definition) is 4. The lowest BCUT2D eigenvalue weighted by molar-refractivity contribution is -0.114. The van der Waals surface area contributed by atoms with Crippen LogP contribution in [0.5, 0.6) is 0 Å². The number of carbonyl (C=O) groups is 1. The molecule has 1 aromatic carbocycles. The number of nitrogens with zero attached hydrogens (tertiary/aromatic N) is 1. The molecule has 0 aliphatic heterocycles. The average molecular weight is 465 g/mol. The number of nitrogens with two attached hydrogens (primary N) is 1. The summed E-state index contributed by atoms with van der Waals surface area (Å²) in [7, 11) is 4.17. The zero-order valence-corrected chi connectivity index (χ0v) is 22.1. The molecule has 4 heteroatoms. The van der Waals surface area contributed by atoms with Crippen LogP contribution in [0.25, 0.3) is 0 Å². The van der Waals surface area contributed by atoms with Crippen LogP contribution in [-0.2, 0) is 9.53 Å². The third-order valence-corrected chi connectivity index (χ3v) is 8.95. The lowest BCUT2D eigenvalue weighted by Crippen LogP contribution is -2.49. The number of anilines is 1. The van der Waals surface area contributed by atoms with Gasteiger partial charge in [-0.25, -0.2) is 0 Å². The number of fused-ring (bicyclic) bond motifs is 1. The van der Waals surface area contributed by atoms with Gasteiger partial charge in [0.2, 0.25) is 0 Å². The monoisotopic (exact) mass is 464 g/mol. The van der Waals surface area contributed by atoms with Crippen LogP contribution >= 0.6 is 0 Å². The number of rotatable bonds is 6. The maximum absolute atomic E-state index is 12.3. The Bertz CT molecular complexity index is 959. The molecule has 4 nitrogen and oxygen atoms in total. The molecule has 2 N–H and O–H groups in total. The lowest BCUT2D eigenvalue weighted by Gasteiger charge is -2.52. The van der Waals surface area contributed by atoms with Gasteiger partial charge in [-0.1, -0.05) is 31.6 Å². The van der Waals surface area contributed by atoms with E-state index in [1.807, 2.05) is 6.08 Å². The van der Waals surface area contributed by atoms with E-state index in [-0.39, 0.29) is 23.3 Å². The van der Waals surface area contributed by atoms with Crippen LogP contribution in [0.3, 0.4) is 0 Å². The molecule has 0 saturated heterocycles. The van der Waals surface area contributed by atoms with E-state index in [0.29, 0.717) is 24.2 Å². The van der Waals surface area contributed by atoms with Gasteiger partial charge in [-0.05, 0) is 98.1 Å². The highest BCUT2D eigenvalue weighted by Crippen LogP contribution is 2.62. The molecule has 6 unspecified atom stereocenters. The molecule has 3 aliphatic rings. The Balaban J connectivity index is 1.91. The van der Waals surface area contributed by atoms with Crippen molar-refractivity contribution in [1.29, 1.82) is 0 Å². The molecule has 3 aliphatic carbocycles. The minimum atomic E-state index is 0.0618. The minimum Gasteiger partial charge on any atom is -0.378 e. The standard InChI is InChI=1S/C30H44N2O2/c1-7-20-17-23(33)13-14-24(20)29-25(21-9-11-22(12-10-21)32(5)6)18-30(4)26(28(29)19(3)31)15-16-27(30)34-8-2/h9-12,17,19,25-28H,7-8,13-16,18,31H2,1-6H3/b29-24-. The van der Waals surface area contributed by atoms with Crippen molar-refractivity contribution in [3.8, 4) is 0 Å². The topological polar surface area (TPSA) is 55.6 Å². The maximum Gasteiger partial charge on any atom is 0.156 e. The van der Waals surface area contributed by atoms with E-state index in [4.69, 9.17) is 10.5 Å². The quantitative estimate of drug-likeness (QED) is 0.559. The fourth-order valence-electron chi connectivity index (χ4n) is 7.35. The van der Waals surface area contributed by atoms with Crippen LogP contribution in [0.2, 0.25) is 0 Å². The van der Waals surface area contributed by atoms with Crippen molar-refractivity contribution >= 4 is 11.5 Å². The third kappa shape index (κ3) is 4.40. The van der Waals surface area contributed by atoms with E-state index in [1.165, 1.54) is 34.4 Å². The molecule has 1 aromatic rings. The molecule has 6 atom stereocenters. The first-order valence-corrected chi connectivity index (χ1v) is 13.3. The van der Waals surface area contributed by atoms with E-state index in [0.717, 1.165) is 32.3 Å². The fraction of sp³-hybridized carbons (Fsp3) is 0.633. The SMILES string of the molecule is CCOC1CCC2C(C(C)N)/C(=C3/CCC(=O)C=C3CC)C(c3ccc(N(C)C)cc3)CC12C. The second-order valence-electron chi connectivity index (χ2n) is 11.2. The zero-order valence-electron chi connectivity index (χ0n) is 22.1. The summed E-state index contributed by atoms with van der Waals surface area (Å²) in [6.45, 7) is 9.71. The summed E-state index contributed by atoms with van der Waals surface area (Å²) in [4.78, 5) is 14.5. The lowest BCUT2D eigenvalue weighted by atomic mass is 9.54. The normalized spacial score (nSPS) is 34.6. The van der Waals surface area contributed by atoms with E-state index in [1.54, 1.807) is 0 Å². The number of allylic oxidation sites excluding steroid dienone is 3. The van der Waals surface area contributed by atoms with Crippen molar-refractivity contribution in [2.45, 2.75) is 84.3 Å². The Hall–Kier alpha value is -1.91. The molecule has 2 fully saturated rings. The third-order valence-electron chi connectivity index (χ3n) is 8.95. The molecule has 0 amide bonds. The first-order valence-electron chi connectivity index (χ1n) is 13.3. The summed E-state index contributed by atoms with van der Waals surface area (Å²) in [5.74, 6) is 1.39. The van der Waals surface area contributed by atoms with Crippen LogP contribution in [0.15, 0.2) is 47.1 Å². The summed E-state index contributed by atoms with van der Waals surface area (Å²) in [5.41, 5.74) is 13.7. The molecular formula is C30H44N2O2. The van der Waals surface area contributed by atoms with Crippen molar-refractivity contribution in [3.63, 3.8) is 0 Å². The predicted molar refractivity (Wildman–Crippen MR) is 141 cm³/mol. The Morgan fingerprint density at radius 1 is 1.15 bits per heavy atom. The summed E-state index contributed by atoms with van der Waals surface area (Å²) >= 11 is 0. The fourth-order valence-corrected chi connectivity index (χ4v) is 7.35. The van der Waals surface area contributed by atoms with Crippen molar-refractivity contribution in [2.75, 3.05) is 25.6 Å². The summed E-state index contributed by atoms with van der Waals surface area (Å²) in [6.07, 6.45) is 7.92. The van der Waals surface area contributed by atoms with Gasteiger partial charge in [0.15, 0.2) is 5.78 Å². The zero-order chi connectivity index (χ0) is 24.6. The smallest absolute Gasteiger partial charge is 0.156 e. The minimum absolute atomic E-state index is 0.0618. The average Bonchev–Trinajstić information content (AvgIpc) is 3.13. The van der Waals surface area contributed by atoms with Crippen LogP contribution in [-0.4, -0.2) is 38.6 Å². The van der Waals surface area contributed by atoms with Gasteiger partial charge in [0.05, 0.1) is 6.10 Å². The molecule has 0 heterocycles. The van der Waals surface area contributed by atoms with Gasteiger partial charge in [0, 0.05) is 44.8 Å². The second-order valence-corrected chi connectivity index (χ2v) is 11.2. The number of ether oxygens (including phenoxy) is 1. The number of hydrogen-bond donors (Lipinski definition) is 1. The van der Waals surface area contributed by atoms with E-state index in [9.17, 15) is 4.79 Å². The summed E-state index contributed by atoms with van der Waals surface area (Å²) < 4.78 is 6.36. The van der Waals surface area contributed by atoms with Gasteiger partial charge >= 0.3 is 0 Å². The molecule has 0 radical (unpaired) electrons. The molecule has 0 spiro atoms. The van der Waals surface area contributed by atoms with Gasteiger partial charge in [0.1, 0.15) is 0 Å². The maximum atomic E-state index is 12.3. The Morgan fingerprint density at radius 2 is 1.85 bits per heavy atom. The highest BCUT2D eigenvalue weighted by molar-refractivity contribution is 5.93. The van der Waals surface area contributed by atoms with Gasteiger partial charge in [-0.3, -0.25) is 4.79 Å². The van der Waals surface area contributed by atoms with Gasteiger partial charge in [-0.2, -0.15) is 0 Å². The van der Waals surface area contributed by atoms with Gasteiger partial charge in [0.25, 0.3) is 0 Å². The first-order chi connectivity index (χ1) is 16.2. The number of benzene rings is 1. The largest absolute Gasteiger partial charge is 0.378 e. The molecule has 34 heavy (non-hydrogen) atoms. The number of ketones is 1. The van der Waals surface area contributed by atoms with Crippen LogP contribution in [0.4, 0.5) is 5.69 Å². The van der Waals surface area contributed by atoms with Crippen molar-refractivity contribution in [2.24, 2.45) is 23.0 Å². The van der Waals surface area contributed by atoms with Crippen LogP contribution < -0.4 is 10.6 Å². The van der Waals surface area contributed by atoms with E-state index in [2.05, 4.69) is 71.0 Å². The van der Waals surface area contributed by atoms with E-state index < -0.39 is 0 Å². The Kier molecular flexibility index (Phi) is 7.40. The highest BCUT2D eigenvalue weighted by atomic mass is 16.5. The van der Waals surface area contributed by atoms with Crippen molar-refractivity contribution < 1.29 is 9.53 Å². The molecule has 186 valence electrons. The Morgan fingerprint density at radius 3 is 2.44 bits per heavy atom.